The highest BCUT2D eigenvalue weighted by Crippen LogP contribution is 2.41. The molecule has 0 aliphatic carbocycles. The Morgan fingerprint density at radius 1 is 1.30 bits per heavy atom. The van der Waals surface area contributed by atoms with Gasteiger partial charge in [-0.2, -0.15) is 8.75 Å². The fourth-order valence-corrected chi connectivity index (χ4v) is 4.58. The highest BCUT2D eigenvalue weighted by atomic mass is 32.2. The van der Waals surface area contributed by atoms with E-state index in [9.17, 15) is 13.5 Å². The van der Waals surface area contributed by atoms with Gasteiger partial charge in [-0.25, -0.2) is 13.6 Å². The van der Waals surface area contributed by atoms with Crippen LogP contribution < -0.4 is 15.8 Å². The first kappa shape index (κ1) is 19.6. The van der Waals surface area contributed by atoms with E-state index < -0.39 is 15.8 Å². The maximum absolute atomic E-state index is 11.5. The van der Waals surface area contributed by atoms with Crippen LogP contribution in [0.15, 0.2) is 32.4 Å². The summed E-state index contributed by atoms with van der Waals surface area (Å²) in [6.45, 7) is 6.18. The lowest BCUT2D eigenvalue weighted by atomic mass is 9.85. The zero-order valence-electron chi connectivity index (χ0n) is 14.8. The van der Waals surface area contributed by atoms with E-state index in [0.29, 0.717) is 11.6 Å². The van der Waals surface area contributed by atoms with Crippen molar-refractivity contribution in [1.29, 1.82) is 0 Å². The molecule has 3 heterocycles. The highest BCUT2D eigenvalue weighted by molar-refractivity contribution is 7.91. The Morgan fingerprint density at radius 2 is 2.00 bits per heavy atom. The van der Waals surface area contributed by atoms with Gasteiger partial charge in [0.15, 0.2) is 21.6 Å². The van der Waals surface area contributed by atoms with Gasteiger partial charge in [0.25, 0.3) is 10.0 Å². The van der Waals surface area contributed by atoms with Gasteiger partial charge in [0.2, 0.25) is 0 Å². The molecule has 0 fully saturated rings. The number of sulfonamides is 1. The molecule has 12 heteroatoms. The summed E-state index contributed by atoms with van der Waals surface area (Å²) in [5.41, 5.74) is -0.00516. The summed E-state index contributed by atoms with van der Waals surface area (Å²) < 4.78 is 36.6. The number of aromatic hydroxyl groups is 1. The minimum absolute atomic E-state index is 0.185. The summed E-state index contributed by atoms with van der Waals surface area (Å²) in [4.78, 5) is 0. The van der Waals surface area contributed by atoms with E-state index >= 15 is 0 Å². The zero-order valence-corrected chi connectivity index (χ0v) is 17.2. The Hall–Kier alpha value is -2.15. The Kier molecular flexibility index (Phi) is 5.16. The molecule has 3 rings (SSSR count). The zero-order chi connectivity index (χ0) is 19.8. The number of anilines is 3. The van der Waals surface area contributed by atoms with Gasteiger partial charge >= 0.3 is 0 Å². The third-order valence-corrected chi connectivity index (χ3v) is 6.69. The SMILES string of the molecule is CC(C)(C)[C@@H](Nc1nsnc1Nc1csc(S(N)(=O)=O)c1O)c1ccco1. The molecule has 3 aromatic rings. The molecule has 0 bridgehead atoms. The van der Waals surface area contributed by atoms with Crippen LogP contribution in [0.1, 0.15) is 32.6 Å². The molecule has 0 aromatic carbocycles. The first-order valence-corrected chi connectivity index (χ1v) is 11.0. The summed E-state index contributed by atoms with van der Waals surface area (Å²) >= 11 is 1.80. The first-order chi connectivity index (χ1) is 12.6. The van der Waals surface area contributed by atoms with E-state index in [2.05, 4.69) is 40.2 Å². The summed E-state index contributed by atoms with van der Waals surface area (Å²) in [6, 6.07) is 3.50. The molecule has 27 heavy (non-hydrogen) atoms. The van der Waals surface area contributed by atoms with Crippen molar-refractivity contribution < 1.29 is 17.9 Å². The van der Waals surface area contributed by atoms with Crippen LogP contribution >= 0.6 is 23.1 Å². The largest absolute Gasteiger partial charge is 0.504 e. The van der Waals surface area contributed by atoms with Crippen molar-refractivity contribution in [3.05, 3.63) is 29.5 Å². The molecule has 1 atom stereocenters. The van der Waals surface area contributed by atoms with Crippen molar-refractivity contribution in [2.24, 2.45) is 10.6 Å². The van der Waals surface area contributed by atoms with Crippen molar-refractivity contribution in [2.45, 2.75) is 31.0 Å². The predicted molar refractivity (Wildman–Crippen MR) is 105 cm³/mol. The van der Waals surface area contributed by atoms with Crippen LogP contribution in [0.5, 0.6) is 5.75 Å². The van der Waals surface area contributed by atoms with Crippen LogP contribution in [-0.2, 0) is 10.0 Å². The Labute approximate surface area is 164 Å². The number of nitrogens with two attached hydrogens (primary N) is 1. The van der Waals surface area contributed by atoms with Crippen molar-refractivity contribution in [3.8, 4) is 5.75 Å². The normalized spacial score (nSPS) is 13.5. The van der Waals surface area contributed by atoms with Gasteiger partial charge in [0, 0.05) is 5.38 Å². The number of rotatable bonds is 6. The lowest BCUT2D eigenvalue weighted by molar-refractivity contribution is 0.304. The summed E-state index contributed by atoms with van der Waals surface area (Å²) in [7, 11) is -4.00. The van der Waals surface area contributed by atoms with Crippen molar-refractivity contribution in [1.82, 2.24) is 8.75 Å². The third kappa shape index (κ3) is 4.24. The number of aromatic nitrogens is 2. The molecule has 0 amide bonds. The molecule has 5 N–H and O–H groups in total. The minimum Gasteiger partial charge on any atom is -0.504 e. The van der Waals surface area contributed by atoms with E-state index in [0.717, 1.165) is 28.8 Å². The summed E-state index contributed by atoms with van der Waals surface area (Å²) in [5.74, 6) is 1.12. The van der Waals surface area contributed by atoms with Gasteiger partial charge in [-0.05, 0) is 17.5 Å². The molecular formula is C15H19N5O4S3. The Balaban J connectivity index is 1.88. The van der Waals surface area contributed by atoms with Crippen molar-refractivity contribution >= 4 is 50.4 Å². The molecular weight excluding hydrogens is 410 g/mol. The number of nitrogens with zero attached hydrogens (tertiary/aromatic N) is 2. The molecule has 9 nitrogen and oxygen atoms in total. The van der Waals surface area contributed by atoms with Crippen LogP contribution in [0.4, 0.5) is 17.3 Å². The van der Waals surface area contributed by atoms with Gasteiger partial charge in [-0.1, -0.05) is 20.8 Å². The number of nitrogens with one attached hydrogen (secondary N) is 2. The monoisotopic (exact) mass is 429 g/mol. The summed E-state index contributed by atoms with van der Waals surface area (Å²) in [5, 5.41) is 22.9. The maximum Gasteiger partial charge on any atom is 0.251 e. The fourth-order valence-electron chi connectivity index (χ4n) is 2.42. The second kappa shape index (κ2) is 7.11. The molecule has 0 spiro atoms. The van der Waals surface area contributed by atoms with E-state index in [4.69, 9.17) is 9.56 Å². The van der Waals surface area contributed by atoms with Gasteiger partial charge in [-0.3, -0.25) is 0 Å². The average Bonchev–Trinajstić information content (AvgIpc) is 3.26. The standard InChI is InChI=1S/C15H19N5O4S3/c1-15(2,3)11(9-5-4-6-24-9)18-13-12(19-26-20-13)17-8-7-25-14(10(8)21)27(16,22)23/h4-7,11,21H,1-3H3,(H,17,19)(H,18,20)(H2,16,22,23)/t11-/m0/s1. The van der Waals surface area contributed by atoms with Crippen LogP contribution in [-0.4, -0.2) is 22.3 Å². The second-order valence-electron chi connectivity index (χ2n) is 6.88. The van der Waals surface area contributed by atoms with Crippen molar-refractivity contribution in [2.75, 3.05) is 10.6 Å². The Bertz CT molecular complexity index is 1020. The van der Waals surface area contributed by atoms with Crippen LogP contribution in [0.25, 0.3) is 0 Å². The maximum atomic E-state index is 11.5. The molecule has 0 aliphatic heterocycles. The number of thiophene rings is 1. The minimum atomic E-state index is -4.00. The lowest BCUT2D eigenvalue weighted by Gasteiger charge is -2.30. The summed E-state index contributed by atoms with van der Waals surface area (Å²) in [6.07, 6.45) is 1.60. The topological polar surface area (TPSA) is 143 Å². The number of hydrogen-bond donors (Lipinski definition) is 4. The van der Waals surface area contributed by atoms with E-state index in [1.54, 1.807) is 6.26 Å². The smallest absolute Gasteiger partial charge is 0.251 e. The Morgan fingerprint density at radius 3 is 2.56 bits per heavy atom. The molecule has 0 unspecified atom stereocenters. The molecule has 0 aliphatic rings. The number of primary sulfonamides is 1. The van der Waals surface area contributed by atoms with Crippen LogP contribution in [0.2, 0.25) is 0 Å². The van der Waals surface area contributed by atoms with Crippen molar-refractivity contribution in [3.63, 3.8) is 0 Å². The molecule has 146 valence electrons. The van der Waals surface area contributed by atoms with Gasteiger partial charge in [0.05, 0.1) is 29.7 Å². The molecule has 0 radical (unpaired) electrons. The fraction of sp³-hybridized carbons (Fsp3) is 0.333. The molecule has 0 saturated carbocycles. The van der Waals surface area contributed by atoms with Gasteiger partial charge < -0.3 is 20.2 Å². The second-order valence-corrected chi connectivity index (χ2v) is 10.0. The van der Waals surface area contributed by atoms with E-state index in [1.165, 1.54) is 5.38 Å². The quantitative estimate of drug-likeness (QED) is 0.466. The number of furan rings is 1. The van der Waals surface area contributed by atoms with E-state index in [-0.39, 0.29) is 21.4 Å². The third-order valence-electron chi connectivity index (χ3n) is 3.71. The van der Waals surface area contributed by atoms with Crippen LogP contribution in [0.3, 0.4) is 0 Å². The van der Waals surface area contributed by atoms with Gasteiger partial charge in [-0.15, -0.1) is 11.3 Å². The predicted octanol–water partition coefficient (Wildman–Crippen LogP) is 3.49. The van der Waals surface area contributed by atoms with E-state index in [1.807, 2.05) is 12.1 Å². The first-order valence-electron chi connectivity index (χ1n) is 7.80. The van der Waals surface area contributed by atoms with Crippen LogP contribution in [0, 0.1) is 5.41 Å². The molecule has 3 aromatic heterocycles. The van der Waals surface area contributed by atoms with Gasteiger partial charge in [0.1, 0.15) is 5.76 Å². The number of hydrogen-bond acceptors (Lipinski definition) is 10. The lowest BCUT2D eigenvalue weighted by Crippen LogP contribution is -2.25. The highest BCUT2D eigenvalue weighted by Gasteiger charge is 2.30. The molecule has 0 saturated heterocycles. The average molecular weight is 430 g/mol.